The minimum Gasteiger partial charge on any atom is -0.335 e. The van der Waals surface area contributed by atoms with Crippen LogP contribution in [0.2, 0.25) is 0 Å². The highest BCUT2D eigenvalue weighted by atomic mass is 79.9. The van der Waals surface area contributed by atoms with Crippen LogP contribution in [-0.2, 0) is 0 Å². The molecule has 1 saturated carbocycles. The molecule has 0 aromatic carbocycles. The molecule has 92 valence electrons. The molecule has 2 nitrogen and oxygen atoms in total. The molecule has 4 heteroatoms. The number of fused-ring (bicyclic) bond motifs is 1. The lowest BCUT2D eigenvalue weighted by Gasteiger charge is -2.37. The Labute approximate surface area is 114 Å². The fraction of sp³-hybridized carbons (Fsp3) is 0.615. The van der Waals surface area contributed by atoms with Crippen molar-refractivity contribution in [2.24, 2.45) is 5.92 Å². The van der Waals surface area contributed by atoms with Crippen molar-refractivity contribution in [3.63, 3.8) is 0 Å². The van der Waals surface area contributed by atoms with Crippen molar-refractivity contribution in [1.29, 1.82) is 0 Å². The lowest BCUT2D eigenvalue weighted by molar-refractivity contribution is 0.0553. The summed E-state index contributed by atoms with van der Waals surface area (Å²) in [4.78, 5) is 15.5. The number of nitrogens with zero attached hydrogens (tertiary/aromatic N) is 1. The SMILES string of the molecule is O=C(c1ccc(Br)s1)N1CCCC2CCCC21. The van der Waals surface area contributed by atoms with Crippen LogP contribution in [0.3, 0.4) is 0 Å². The molecule has 0 spiro atoms. The summed E-state index contributed by atoms with van der Waals surface area (Å²) in [5, 5.41) is 0. The molecule has 0 N–H and O–H groups in total. The third-order valence-corrected chi connectivity index (χ3v) is 5.65. The normalized spacial score (nSPS) is 28.2. The molecule has 1 aliphatic carbocycles. The van der Waals surface area contributed by atoms with Crippen molar-refractivity contribution in [3.05, 3.63) is 20.8 Å². The summed E-state index contributed by atoms with van der Waals surface area (Å²) in [5.41, 5.74) is 0. The highest BCUT2D eigenvalue weighted by Crippen LogP contribution is 2.38. The van der Waals surface area contributed by atoms with Crippen molar-refractivity contribution in [2.45, 2.75) is 38.1 Å². The summed E-state index contributed by atoms with van der Waals surface area (Å²) in [6.07, 6.45) is 6.33. The maximum absolute atomic E-state index is 12.5. The molecule has 1 amide bonds. The first-order chi connectivity index (χ1) is 8.25. The molecule has 2 aliphatic rings. The van der Waals surface area contributed by atoms with E-state index in [1.54, 1.807) is 11.3 Å². The van der Waals surface area contributed by atoms with Crippen molar-refractivity contribution in [2.75, 3.05) is 6.54 Å². The Kier molecular flexibility index (Phi) is 3.26. The van der Waals surface area contributed by atoms with Crippen LogP contribution in [0.5, 0.6) is 0 Å². The van der Waals surface area contributed by atoms with Crippen LogP contribution < -0.4 is 0 Å². The maximum atomic E-state index is 12.5. The molecular weight excluding hydrogens is 298 g/mol. The van der Waals surface area contributed by atoms with Crippen LogP contribution in [0.25, 0.3) is 0 Å². The van der Waals surface area contributed by atoms with Gasteiger partial charge in [-0.2, -0.15) is 0 Å². The average molecular weight is 314 g/mol. The summed E-state index contributed by atoms with van der Waals surface area (Å²) in [6, 6.07) is 4.43. The molecule has 2 atom stereocenters. The van der Waals surface area contributed by atoms with Gasteiger partial charge < -0.3 is 4.90 Å². The Balaban J connectivity index is 1.81. The monoisotopic (exact) mass is 313 g/mol. The first-order valence-electron chi connectivity index (χ1n) is 6.32. The van der Waals surface area contributed by atoms with Crippen LogP contribution in [-0.4, -0.2) is 23.4 Å². The van der Waals surface area contributed by atoms with E-state index in [1.165, 1.54) is 32.1 Å². The second-order valence-corrected chi connectivity index (χ2v) is 7.47. The van der Waals surface area contributed by atoms with E-state index in [0.717, 1.165) is 21.1 Å². The van der Waals surface area contributed by atoms with Crippen LogP contribution in [0.15, 0.2) is 15.9 Å². The molecule has 1 aromatic rings. The highest BCUT2D eigenvalue weighted by Gasteiger charge is 2.37. The van der Waals surface area contributed by atoms with Crippen LogP contribution in [0.4, 0.5) is 0 Å². The molecule has 17 heavy (non-hydrogen) atoms. The number of thiophene rings is 1. The molecule has 2 fully saturated rings. The molecule has 1 aliphatic heterocycles. The lowest BCUT2D eigenvalue weighted by Crippen LogP contribution is -2.45. The zero-order chi connectivity index (χ0) is 11.8. The number of halogens is 1. The minimum absolute atomic E-state index is 0.248. The maximum Gasteiger partial charge on any atom is 0.264 e. The largest absolute Gasteiger partial charge is 0.335 e. The fourth-order valence-corrected chi connectivity index (χ4v) is 4.62. The number of carbonyl (C=O) groups excluding carboxylic acids is 1. The molecule has 3 rings (SSSR count). The fourth-order valence-electron chi connectivity index (χ4n) is 3.28. The van der Waals surface area contributed by atoms with Gasteiger partial charge in [-0.15, -0.1) is 11.3 Å². The van der Waals surface area contributed by atoms with Gasteiger partial charge in [0.25, 0.3) is 5.91 Å². The molecule has 0 bridgehead atoms. The highest BCUT2D eigenvalue weighted by molar-refractivity contribution is 9.11. The first-order valence-corrected chi connectivity index (χ1v) is 7.93. The van der Waals surface area contributed by atoms with E-state index in [2.05, 4.69) is 20.8 Å². The standard InChI is InChI=1S/C13H16BrNOS/c14-12-7-6-11(17-12)13(16)15-8-2-4-9-3-1-5-10(9)15/h6-7,9-10H,1-5,8H2. The van der Waals surface area contributed by atoms with Crippen LogP contribution in [0, 0.1) is 5.92 Å². The predicted molar refractivity (Wildman–Crippen MR) is 73.4 cm³/mol. The predicted octanol–water partition coefficient (Wildman–Crippen LogP) is 3.92. The van der Waals surface area contributed by atoms with Crippen LogP contribution in [0.1, 0.15) is 41.8 Å². The second-order valence-electron chi connectivity index (χ2n) is 5.00. The topological polar surface area (TPSA) is 20.3 Å². The van der Waals surface area contributed by atoms with Crippen molar-refractivity contribution < 1.29 is 4.79 Å². The third kappa shape index (κ3) is 2.17. The number of rotatable bonds is 1. The summed E-state index contributed by atoms with van der Waals surface area (Å²) < 4.78 is 1.04. The molecular formula is C13H16BrNOS. The van der Waals surface area contributed by atoms with E-state index in [-0.39, 0.29) is 5.91 Å². The Morgan fingerprint density at radius 3 is 2.88 bits per heavy atom. The Hall–Kier alpha value is -0.350. The number of hydrogen-bond donors (Lipinski definition) is 0. The Bertz CT molecular complexity index is 431. The van der Waals surface area contributed by atoms with Gasteiger partial charge >= 0.3 is 0 Å². The van der Waals surface area contributed by atoms with E-state index in [4.69, 9.17) is 0 Å². The van der Waals surface area contributed by atoms with Crippen molar-refractivity contribution >= 4 is 33.2 Å². The Morgan fingerprint density at radius 1 is 1.29 bits per heavy atom. The van der Waals surface area contributed by atoms with Gasteiger partial charge in [-0.1, -0.05) is 6.42 Å². The number of piperidine rings is 1. The average Bonchev–Trinajstić information content (AvgIpc) is 2.95. The summed E-state index contributed by atoms with van der Waals surface area (Å²) in [6.45, 7) is 0.954. The van der Waals surface area contributed by atoms with Gasteiger partial charge in [0, 0.05) is 12.6 Å². The van der Waals surface area contributed by atoms with E-state index in [9.17, 15) is 4.79 Å². The second kappa shape index (κ2) is 4.73. The Morgan fingerprint density at radius 2 is 2.12 bits per heavy atom. The van der Waals surface area contributed by atoms with Gasteiger partial charge in [0.05, 0.1) is 8.66 Å². The van der Waals surface area contributed by atoms with Gasteiger partial charge in [-0.05, 0) is 59.7 Å². The van der Waals surface area contributed by atoms with Crippen LogP contribution >= 0.6 is 27.3 Å². The van der Waals surface area contributed by atoms with Crippen molar-refractivity contribution in [1.82, 2.24) is 4.90 Å². The number of carbonyl (C=O) groups is 1. The van der Waals surface area contributed by atoms with E-state index < -0.39 is 0 Å². The van der Waals surface area contributed by atoms with Gasteiger partial charge in [0.15, 0.2) is 0 Å². The summed E-state index contributed by atoms with van der Waals surface area (Å²) in [7, 11) is 0. The summed E-state index contributed by atoms with van der Waals surface area (Å²) in [5.74, 6) is 1.02. The molecule has 1 saturated heterocycles. The lowest BCUT2D eigenvalue weighted by atomic mass is 9.92. The van der Waals surface area contributed by atoms with Gasteiger partial charge in [-0.3, -0.25) is 4.79 Å². The number of amides is 1. The number of likely N-dealkylation sites (tertiary alicyclic amines) is 1. The molecule has 0 radical (unpaired) electrons. The van der Waals surface area contributed by atoms with E-state index in [1.807, 2.05) is 12.1 Å². The van der Waals surface area contributed by atoms with Gasteiger partial charge in [-0.25, -0.2) is 0 Å². The summed E-state index contributed by atoms with van der Waals surface area (Å²) >= 11 is 4.98. The van der Waals surface area contributed by atoms with E-state index in [0.29, 0.717) is 6.04 Å². The zero-order valence-corrected chi connectivity index (χ0v) is 12.1. The smallest absolute Gasteiger partial charge is 0.264 e. The van der Waals surface area contributed by atoms with Gasteiger partial charge in [0.1, 0.15) is 0 Å². The molecule has 2 unspecified atom stereocenters. The minimum atomic E-state index is 0.248. The molecule has 1 aromatic heterocycles. The number of hydrogen-bond acceptors (Lipinski definition) is 2. The molecule has 2 heterocycles. The van der Waals surface area contributed by atoms with Gasteiger partial charge in [0.2, 0.25) is 0 Å². The van der Waals surface area contributed by atoms with Crippen molar-refractivity contribution in [3.8, 4) is 0 Å². The van der Waals surface area contributed by atoms with E-state index >= 15 is 0 Å². The third-order valence-electron chi connectivity index (χ3n) is 4.04. The zero-order valence-electron chi connectivity index (χ0n) is 9.69. The first kappa shape index (κ1) is 11.7. The quantitative estimate of drug-likeness (QED) is 0.769.